The molecule has 0 bridgehead atoms. The van der Waals surface area contributed by atoms with Crippen LogP contribution in [0.1, 0.15) is 16.7 Å². The molecule has 2 aromatic rings. The Labute approximate surface area is 114 Å². The molecule has 2 rings (SSSR count). The van der Waals surface area contributed by atoms with Crippen LogP contribution in [0, 0.1) is 6.92 Å². The summed E-state index contributed by atoms with van der Waals surface area (Å²) in [6.07, 6.45) is 0. The van der Waals surface area contributed by atoms with Crippen LogP contribution in [-0.4, -0.2) is 14.8 Å². The lowest BCUT2D eigenvalue weighted by Crippen LogP contribution is -2.28. The number of benzene rings is 1. The lowest BCUT2D eigenvalue weighted by molar-refractivity contribution is 0.625. The first kappa shape index (κ1) is 13.2. The van der Waals surface area contributed by atoms with Gasteiger partial charge in [-0.05, 0) is 24.1 Å². The van der Waals surface area contributed by atoms with Gasteiger partial charge in [-0.1, -0.05) is 24.4 Å². The summed E-state index contributed by atoms with van der Waals surface area (Å²) < 4.78 is 1.27. The Bertz CT molecular complexity index is 746. The van der Waals surface area contributed by atoms with Crippen molar-refractivity contribution in [2.24, 2.45) is 5.73 Å². The highest BCUT2D eigenvalue weighted by Gasteiger charge is 2.04. The van der Waals surface area contributed by atoms with E-state index in [0.717, 1.165) is 16.7 Å². The number of hydrogen-bond donors (Lipinski definition) is 2. The van der Waals surface area contributed by atoms with Crippen molar-refractivity contribution in [1.82, 2.24) is 9.78 Å². The summed E-state index contributed by atoms with van der Waals surface area (Å²) >= 11 is 4.91. The summed E-state index contributed by atoms with van der Waals surface area (Å²) in [5.41, 5.74) is 7.66. The Morgan fingerprint density at radius 3 is 2.68 bits per heavy atom. The zero-order valence-electron chi connectivity index (χ0n) is 10.3. The van der Waals surface area contributed by atoms with E-state index in [1.54, 1.807) is 6.07 Å². The third-order valence-corrected chi connectivity index (χ3v) is 3.08. The summed E-state index contributed by atoms with van der Waals surface area (Å²) in [6, 6.07) is 7.97. The molecule has 6 heteroatoms. The van der Waals surface area contributed by atoms with E-state index < -0.39 is 0 Å². The number of thiocarbonyl (C=S) groups is 1. The number of nitrogens with zero attached hydrogens (tertiary/aromatic N) is 1. The van der Waals surface area contributed by atoms with Gasteiger partial charge in [0.05, 0.1) is 6.54 Å². The molecule has 0 unspecified atom stereocenters. The molecule has 1 heterocycles. The van der Waals surface area contributed by atoms with Crippen LogP contribution in [0.3, 0.4) is 0 Å². The maximum Gasteiger partial charge on any atom is 0.265 e. The molecular formula is C13H13N3O2S. The largest absolute Gasteiger partial charge is 0.389 e. The van der Waals surface area contributed by atoms with Crippen molar-refractivity contribution in [3.05, 3.63) is 67.7 Å². The Balaban J connectivity index is 2.39. The van der Waals surface area contributed by atoms with Gasteiger partial charge in [-0.2, -0.15) is 0 Å². The summed E-state index contributed by atoms with van der Waals surface area (Å²) in [6.45, 7) is 2.21. The zero-order valence-corrected chi connectivity index (χ0v) is 11.2. The fraction of sp³-hybridized carbons (Fsp3) is 0.154. The van der Waals surface area contributed by atoms with Crippen LogP contribution in [0.15, 0.2) is 39.9 Å². The van der Waals surface area contributed by atoms with E-state index in [2.05, 4.69) is 5.10 Å². The van der Waals surface area contributed by atoms with Gasteiger partial charge >= 0.3 is 0 Å². The van der Waals surface area contributed by atoms with E-state index in [0.29, 0.717) is 11.5 Å². The van der Waals surface area contributed by atoms with Crippen LogP contribution in [0.2, 0.25) is 0 Å². The minimum absolute atomic E-state index is 0.252. The number of H-pyrrole nitrogens is 1. The summed E-state index contributed by atoms with van der Waals surface area (Å²) in [5.74, 6) is 0. The molecule has 19 heavy (non-hydrogen) atoms. The number of aromatic amines is 1. The molecule has 0 saturated carbocycles. The van der Waals surface area contributed by atoms with E-state index in [4.69, 9.17) is 18.0 Å². The molecule has 98 valence electrons. The van der Waals surface area contributed by atoms with Crippen LogP contribution < -0.4 is 16.9 Å². The van der Waals surface area contributed by atoms with Crippen molar-refractivity contribution in [3.63, 3.8) is 0 Å². The minimum atomic E-state index is -0.308. The first-order valence-corrected chi connectivity index (χ1v) is 6.08. The maximum absolute atomic E-state index is 11.6. The van der Waals surface area contributed by atoms with Crippen molar-refractivity contribution in [1.29, 1.82) is 0 Å². The van der Waals surface area contributed by atoms with Gasteiger partial charge in [0.15, 0.2) is 0 Å². The number of nitrogens with one attached hydrogen (secondary N) is 1. The third-order valence-electron chi connectivity index (χ3n) is 2.84. The molecular weight excluding hydrogens is 262 g/mol. The van der Waals surface area contributed by atoms with Crippen molar-refractivity contribution < 1.29 is 0 Å². The molecule has 0 aliphatic rings. The SMILES string of the molecule is Cc1cc(C(N)=S)ccc1Cn1[nH]c(=O)ccc1=O. The molecule has 0 radical (unpaired) electrons. The summed E-state index contributed by atoms with van der Waals surface area (Å²) in [7, 11) is 0. The molecule has 0 saturated heterocycles. The van der Waals surface area contributed by atoms with Gasteiger partial charge in [0.1, 0.15) is 4.99 Å². The molecule has 0 aliphatic carbocycles. The fourth-order valence-electron chi connectivity index (χ4n) is 1.78. The minimum Gasteiger partial charge on any atom is -0.389 e. The third kappa shape index (κ3) is 2.97. The first-order chi connectivity index (χ1) is 8.97. The monoisotopic (exact) mass is 275 g/mol. The van der Waals surface area contributed by atoms with Gasteiger partial charge in [-0.3, -0.25) is 14.7 Å². The molecule has 0 atom stereocenters. The summed E-state index contributed by atoms with van der Waals surface area (Å²) in [5, 5.41) is 2.49. The molecule has 0 fully saturated rings. The average Bonchev–Trinajstić information content (AvgIpc) is 2.36. The highest BCUT2D eigenvalue weighted by atomic mass is 32.1. The molecule has 5 nitrogen and oxygen atoms in total. The fourth-order valence-corrected chi connectivity index (χ4v) is 1.90. The standard InChI is InChI=1S/C13H13N3O2S/c1-8-6-9(13(14)19)2-3-10(8)7-16-12(18)5-4-11(17)15-16/h2-6H,7H2,1H3,(H2,14,19)(H,15,17). The zero-order chi connectivity index (χ0) is 14.0. The van der Waals surface area contributed by atoms with E-state index in [9.17, 15) is 9.59 Å². The maximum atomic E-state index is 11.6. The van der Waals surface area contributed by atoms with Crippen molar-refractivity contribution in [3.8, 4) is 0 Å². The Morgan fingerprint density at radius 2 is 2.05 bits per heavy atom. The van der Waals surface area contributed by atoms with Gasteiger partial charge in [0.25, 0.3) is 11.1 Å². The van der Waals surface area contributed by atoms with Gasteiger partial charge < -0.3 is 5.73 Å². The number of hydrogen-bond acceptors (Lipinski definition) is 3. The molecule has 1 aromatic heterocycles. The van der Waals surface area contributed by atoms with Crippen LogP contribution >= 0.6 is 12.2 Å². The topological polar surface area (TPSA) is 80.9 Å². The number of aromatic nitrogens is 2. The number of nitrogens with two attached hydrogens (primary N) is 1. The Hall–Kier alpha value is -2.21. The highest BCUT2D eigenvalue weighted by Crippen LogP contribution is 2.11. The number of rotatable bonds is 3. The molecule has 3 N–H and O–H groups in total. The van der Waals surface area contributed by atoms with Crippen LogP contribution in [0.25, 0.3) is 0 Å². The van der Waals surface area contributed by atoms with Gasteiger partial charge in [0.2, 0.25) is 0 Å². The highest BCUT2D eigenvalue weighted by molar-refractivity contribution is 7.80. The first-order valence-electron chi connectivity index (χ1n) is 5.67. The molecule has 0 amide bonds. The van der Waals surface area contributed by atoms with Crippen LogP contribution in [0.4, 0.5) is 0 Å². The van der Waals surface area contributed by atoms with Crippen LogP contribution in [0.5, 0.6) is 0 Å². The van der Waals surface area contributed by atoms with E-state index >= 15 is 0 Å². The molecule has 1 aromatic carbocycles. The van der Waals surface area contributed by atoms with Gasteiger partial charge in [0, 0.05) is 17.7 Å². The average molecular weight is 275 g/mol. The lowest BCUT2D eigenvalue weighted by atomic mass is 10.1. The molecule has 0 spiro atoms. The number of aryl methyl sites for hydroxylation is 1. The lowest BCUT2D eigenvalue weighted by Gasteiger charge is -2.09. The Morgan fingerprint density at radius 1 is 1.32 bits per heavy atom. The van der Waals surface area contributed by atoms with Crippen molar-refractivity contribution in [2.75, 3.05) is 0 Å². The predicted molar refractivity (Wildman–Crippen MR) is 77.5 cm³/mol. The van der Waals surface area contributed by atoms with Crippen molar-refractivity contribution in [2.45, 2.75) is 13.5 Å². The van der Waals surface area contributed by atoms with E-state index in [1.807, 2.05) is 19.1 Å². The quantitative estimate of drug-likeness (QED) is 0.801. The Kier molecular flexibility index (Phi) is 3.62. The van der Waals surface area contributed by atoms with Gasteiger partial charge in [-0.25, -0.2) is 4.68 Å². The van der Waals surface area contributed by atoms with E-state index in [-0.39, 0.29) is 11.1 Å². The second-order valence-corrected chi connectivity index (χ2v) is 4.68. The second kappa shape index (κ2) is 5.19. The van der Waals surface area contributed by atoms with Crippen molar-refractivity contribution >= 4 is 17.2 Å². The predicted octanol–water partition coefficient (Wildman–Crippen LogP) is 0.528. The second-order valence-electron chi connectivity index (χ2n) is 4.24. The summed E-state index contributed by atoms with van der Waals surface area (Å²) in [4.78, 5) is 23.2. The van der Waals surface area contributed by atoms with Gasteiger partial charge in [-0.15, -0.1) is 0 Å². The smallest absolute Gasteiger partial charge is 0.265 e. The normalized spacial score (nSPS) is 10.4. The molecule has 0 aliphatic heterocycles. The van der Waals surface area contributed by atoms with Crippen LogP contribution in [-0.2, 0) is 6.54 Å². The van der Waals surface area contributed by atoms with E-state index in [1.165, 1.54) is 16.8 Å².